The molecule has 0 aromatic carbocycles. The number of nitrogens with two attached hydrogens (primary N) is 1. The van der Waals surface area contributed by atoms with Gasteiger partial charge >= 0.3 is 0 Å². The summed E-state index contributed by atoms with van der Waals surface area (Å²) >= 11 is 0. The van der Waals surface area contributed by atoms with Crippen LogP contribution in [0.4, 0.5) is 0 Å². The van der Waals surface area contributed by atoms with Crippen LogP contribution in [0.25, 0.3) is 0 Å². The van der Waals surface area contributed by atoms with Gasteiger partial charge in [0.1, 0.15) is 0 Å². The molecule has 5 heteroatoms. The van der Waals surface area contributed by atoms with Crippen LogP contribution in [-0.2, 0) is 9.59 Å². The molecule has 0 saturated heterocycles. The Morgan fingerprint density at radius 3 is 0.818 bits per heavy atom. The van der Waals surface area contributed by atoms with E-state index in [1.807, 2.05) is 0 Å². The minimum Gasteiger partial charge on any atom is -0.391 e. The lowest BCUT2D eigenvalue weighted by molar-refractivity contribution is -0.139. The monoisotopic (exact) mass is 644 g/mol. The van der Waals surface area contributed by atoms with E-state index in [9.17, 15) is 14.7 Å². The van der Waals surface area contributed by atoms with Crippen LogP contribution in [0.5, 0.6) is 0 Å². The molecule has 44 heavy (non-hydrogen) atoms. The molecule has 0 fully saturated rings. The van der Waals surface area contributed by atoms with Crippen molar-refractivity contribution in [3.05, 3.63) is 0 Å². The van der Waals surface area contributed by atoms with E-state index in [0.717, 1.165) is 38.5 Å². The van der Waals surface area contributed by atoms with Gasteiger partial charge in [0.2, 0.25) is 0 Å². The molecule has 0 aliphatic rings. The number of halogens is 1. The number of carbonyl (C=O) groups excluding carboxylic acids is 2. The standard InChI is InChI=1S/C39H77NO3.ClH/c1-4-6-8-10-12-14-16-18-20-22-24-26-28-30-32-34-37(42)39(40,36(3)41)38(43)35-33-31-29-27-25-23-21-19-17-15-13-11-9-7-5-2;/h36,41H,4-35,40H2,1-3H3;1H. The third-order valence-corrected chi connectivity index (χ3v) is 9.60. The molecular weight excluding hydrogens is 566 g/mol. The molecule has 0 aromatic rings. The summed E-state index contributed by atoms with van der Waals surface area (Å²) in [4.78, 5) is 25.9. The number of Topliss-reactive ketones (excluding diaryl/α,β-unsaturated/α-hetero) is 2. The van der Waals surface area contributed by atoms with Gasteiger partial charge in [0.25, 0.3) is 0 Å². The van der Waals surface area contributed by atoms with Gasteiger partial charge in [-0.3, -0.25) is 9.59 Å². The van der Waals surface area contributed by atoms with Gasteiger partial charge in [0.05, 0.1) is 6.10 Å². The number of aliphatic hydroxyl groups excluding tert-OH is 1. The normalized spacial score (nSPS) is 12.3. The zero-order valence-electron chi connectivity index (χ0n) is 30.0. The van der Waals surface area contributed by atoms with Gasteiger partial charge in [-0.15, -0.1) is 12.4 Å². The number of unbranched alkanes of at least 4 members (excludes halogenated alkanes) is 28. The maximum Gasteiger partial charge on any atom is 0.162 e. The lowest BCUT2D eigenvalue weighted by atomic mass is 9.80. The van der Waals surface area contributed by atoms with E-state index in [2.05, 4.69) is 13.8 Å². The van der Waals surface area contributed by atoms with Crippen molar-refractivity contribution in [3.63, 3.8) is 0 Å². The first-order chi connectivity index (χ1) is 20.9. The molecule has 3 N–H and O–H groups in total. The lowest BCUT2D eigenvalue weighted by Crippen LogP contribution is -2.62. The summed E-state index contributed by atoms with van der Waals surface area (Å²) in [6.45, 7) is 6.04. The second-order valence-corrected chi connectivity index (χ2v) is 13.8. The molecule has 4 nitrogen and oxygen atoms in total. The molecular formula is C39H78ClNO3. The highest BCUT2D eigenvalue weighted by Gasteiger charge is 2.44. The van der Waals surface area contributed by atoms with Gasteiger partial charge in [-0.1, -0.05) is 194 Å². The largest absolute Gasteiger partial charge is 0.391 e. The summed E-state index contributed by atoms with van der Waals surface area (Å²) in [5.41, 5.74) is 4.57. The van der Waals surface area contributed by atoms with Crippen LogP contribution in [0.2, 0.25) is 0 Å². The van der Waals surface area contributed by atoms with E-state index in [0.29, 0.717) is 12.8 Å². The first kappa shape index (κ1) is 45.7. The first-order valence-electron chi connectivity index (χ1n) is 19.4. The highest BCUT2D eigenvalue weighted by molar-refractivity contribution is 6.12. The summed E-state index contributed by atoms with van der Waals surface area (Å²) < 4.78 is 0. The topological polar surface area (TPSA) is 80.4 Å². The summed E-state index contributed by atoms with van der Waals surface area (Å²) in [7, 11) is 0. The molecule has 0 aliphatic carbocycles. The molecule has 0 aliphatic heterocycles. The van der Waals surface area contributed by atoms with Crippen LogP contribution >= 0.6 is 12.4 Å². The average Bonchev–Trinajstić information content (AvgIpc) is 3.00. The van der Waals surface area contributed by atoms with E-state index < -0.39 is 11.6 Å². The van der Waals surface area contributed by atoms with Gasteiger partial charge in [-0.05, 0) is 19.8 Å². The molecule has 0 radical (unpaired) electrons. The third kappa shape index (κ3) is 25.7. The highest BCUT2D eigenvalue weighted by Crippen LogP contribution is 2.21. The number of ketones is 2. The van der Waals surface area contributed by atoms with Crippen molar-refractivity contribution in [3.8, 4) is 0 Å². The van der Waals surface area contributed by atoms with E-state index >= 15 is 0 Å². The molecule has 0 rings (SSSR count). The molecule has 0 saturated carbocycles. The SMILES string of the molecule is CCCCCCCCCCCCCCCCCC(=O)C(N)(C(=O)CCCCCCCCCCCCCCCCC)C(C)O.Cl. The maximum absolute atomic E-state index is 12.9. The maximum atomic E-state index is 12.9. The van der Waals surface area contributed by atoms with Crippen molar-refractivity contribution in [2.45, 2.75) is 238 Å². The Morgan fingerprint density at radius 1 is 0.455 bits per heavy atom. The van der Waals surface area contributed by atoms with Crippen LogP contribution in [0.3, 0.4) is 0 Å². The van der Waals surface area contributed by atoms with E-state index in [4.69, 9.17) is 5.73 Å². The number of hydrogen-bond acceptors (Lipinski definition) is 4. The number of aliphatic hydroxyl groups is 1. The van der Waals surface area contributed by atoms with Crippen LogP contribution in [0.1, 0.15) is 226 Å². The Kier molecular flexibility index (Phi) is 35.2. The molecule has 0 heterocycles. The van der Waals surface area contributed by atoms with Gasteiger partial charge in [-0.2, -0.15) is 0 Å². The third-order valence-electron chi connectivity index (χ3n) is 9.60. The quantitative estimate of drug-likeness (QED) is 0.0531. The van der Waals surface area contributed by atoms with Gasteiger partial charge < -0.3 is 10.8 Å². The summed E-state index contributed by atoms with van der Waals surface area (Å²) in [6.07, 6.45) is 37.7. The molecule has 1 unspecified atom stereocenters. The average molecular weight is 645 g/mol. The van der Waals surface area contributed by atoms with Crippen molar-refractivity contribution in [1.82, 2.24) is 0 Å². The van der Waals surface area contributed by atoms with Crippen molar-refractivity contribution in [2.75, 3.05) is 0 Å². The Morgan fingerprint density at radius 2 is 0.636 bits per heavy atom. The minimum absolute atomic E-state index is 0. The molecule has 0 amide bonds. The lowest BCUT2D eigenvalue weighted by Gasteiger charge is -2.29. The van der Waals surface area contributed by atoms with Crippen LogP contribution in [0.15, 0.2) is 0 Å². The fraction of sp³-hybridized carbons (Fsp3) is 0.949. The van der Waals surface area contributed by atoms with Gasteiger partial charge in [-0.25, -0.2) is 0 Å². The Bertz CT molecular complexity index is 578. The molecule has 264 valence electrons. The molecule has 1 atom stereocenters. The number of rotatable bonds is 35. The number of carbonyl (C=O) groups is 2. The first-order valence-corrected chi connectivity index (χ1v) is 19.4. The second-order valence-electron chi connectivity index (χ2n) is 13.8. The van der Waals surface area contributed by atoms with Crippen molar-refractivity contribution in [2.24, 2.45) is 5.73 Å². The zero-order chi connectivity index (χ0) is 31.9. The summed E-state index contributed by atoms with van der Waals surface area (Å²) in [5.74, 6) is -0.550. The van der Waals surface area contributed by atoms with E-state index in [1.54, 1.807) is 0 Å². The predicted molar refractivity (Wildman–Crippen MR) is 195 cm³/mol. The van der Waals surface area contributed by atoms with Crippen molar-refractivity contribution < 1.29 is 14.7 Å². The second kappa shape index (κ2) is 33.9. The predicted octanol–water partition coefficient (Wildman–Crippen LogP) is 12.1. The summed E-state index contributed by atoms with van der Waals surface area (Å²) in [6, 6.07) is 0. The number of hydrogen-bond donors (Lipinski definition) is 2. The Hall–Kier alpha value is -0.450. The highest BCUT2D eigenvalue weighted by atomic mass is 35.5. The minimum atomic E-state index is -1.73. The van der Waals surface area contributed by atoms with Crippen LogP contribution in [-0.4, -0.2) is 28.3 Å². The van der Waals surface area contributed by atoms with E-state index in [1.165, 1.54) is 161 Å². The van der Waals surface area contributed by atoms with Gasteiger partial charge in [0.15, 0.2) is 17.1 Å². The fourth-order valence-electron chi connectivity index (χ4n) is 6.35. The Labute approximate surface area is 281 Å². The van der Waals surface area contributed by atoms with Gasteiger partial charge in [0, 0.05) is 12.8 Å². The van der Waals surface area contributed by atoms with Crippen LogP contribution in [0, 0.1) is 0 Å². The van der Waals surface area contributed by atoms with E-state index in [-0.39, 0.29) is 24.0 Å². The van der Waals surface area contributed by atoms with Crippen molar-refractivity contribution in [1.29, 1.82) is 0 Å². The van der Waals surface area contributed by atoms with Crippen LogP contribution < -0.4 is 5.73 Å². The zero-order valence-corrected chi connectivity index (χ0v) is 30.8. The Balaban J connectivity index is 0. The molecule has 0 bridgehead atoms. The van der Waals surface area contributed by atoms with Crippen molar-refractivity contribution >= 4 is 24.0 Å². The molecule has 0 aromatic heterocycles. The smallest absolute Gasteiger partial charge is 0.162 e. The summed E-state index contributed by atoms with van der Waals surface area (Å²) in [5, 5.41) is 10.3. The molecule has 0 spiro atoms. The fourth-order valence-corrected chi connectivity index (χ4v) is 6.35.